The Hall–Kier alpha value is -3.95. The number of hydrogen-bond donors (Lipinski definition) is 2. The number of imidazole rings is 1. The number of nitrogens with zero attached hydrogens (tertiary/aromatic N) is 3. The average Bonchev–Trinajstić information content (AvgIpc) is 3.18. The number of fused-ring (bicyclic) bond motifs is 1. The van der Waals surface area contributed by atoms with Gasteiger partial charge in [0.2, 0.25) is 5.91 Å². The monoisotopic (exact) mass is 410 g/mol. The third-order valence-electron chi connectivity index (χ3n) is 5.29. The minimum absolute atomic E-state index is 0.210. The highest BCUT2D eigenvalue weighted by molar-refractivity contribution is 5.94. The lowest BCUT2D eigenvalue weighted by Gasteiger charge is -2.29. The summed E-state index contributed by atoms with van der Waals surface area (Å²) in [6, 6.07) is 26.2. The Morgan fingerprint density at radius 2 is 1.68 bits per heavy atom. The predicted molar refractivity (Wildman–Crippen MR) is 119 cm³/mol. The molecular formula is C25H22N4O2. The van der Waals surface area contributed by atoms with Crippen LogP contribution in [0.2, 0.25) is 0 Å². The van der Waals surface area contributed by atoms with Crippen LogP contribution in [0.4, 0.5) is 5.69 Å². The van der Waals surface area contributed by atoms with Crippen LogP contribution in [0.5, 0.6) is 0 Å². The van der Waals surface area contributed by atoms with Gasteiger partial charge in [-0.1, -0.05) is 60.7 Å². The fourth-order valence-corrected chi connectivity index (χ4v) is 3.86. The second-order valence-electron chi connectivity index (χ2n) is 7.21. The van der Waals surface area contributed by atoms with Crippen LogP contribution < -0.4 is 5.32 Å². The molecule has 6 nitrogen and oxygen atoms in total. The predicted octanol–water partition coefficient (Wildman–Crippen LogP) is 4.19. The van der Waals surface area contributed by atoms with Crippen LogP contribution in [0.1, 0.15) is 30.3 Å². The highest BCUT2D eigenvalue weighted by Crippen LogP contribution is 2.38. The number of hydrogen-bond acceptors (Lipinski definition) is 4. The number of rotatable bonds is 6. The number of aryl methyl sites for hydroxylation is 1. The van der Waals surface area contributed by atoms with Crippen molar-refractivity contribution in [2.45, 2.75) is 25.5 Å². The quantitative estimate of drug-likeness (QED) is 0.499. The van der Waals surface area contributed by atoms with E-state index in [1.165, 1.54) is 0 Å². The van der Waals surface area contributed by atoms with E-state index < -0.39 is 5.60 Å². The smallest absolute Gasteiger partial charge is 0.238 e. The summed E-state index contributed by atoms with van der Waals surface area (Å²) in [5, 5.41) is 23.6. The first kappa shape index (κ1) is 20.3. The molecule has 0 unspecified atom stereocenters. The van der Waals surface area contributed by atoms with Crippen molar-refractivity contribution in [3.8, 4) is 6.07 Å². The number of benzene rings is 3. The Kier molecular flexibility index (Phi) is 5.52. The van der Waals surface area contributed by atoms with Crippen LogP contribution in [-0.4, -0.2) is 20.6 Å². The fraction of sp³-hybridized carbons (Fsp3) is 0.160. The van der Waals surface area contributed by atoms with Crippen molar-refractivity contribution in [2.24, 2.45) is 0 Å². The summed E-state index contributed by atoms with van der Waals surface area (Å²) in [6.45, 7) is 2.56. The van der Waals surface area contributed by atoms with Crippen molar-refractivity contribution < 1.29 is 9.90 Å². The SMILES string of the molecule is CCn1c(C(O)(c2ccccc2)c2ccccc2)nc2ccc(NC(=O)CC#N)cc21. The Bertz CT molecular complexity index is 1220. The lowest BCUT2D eigenvalue weighted by atomic mass is 9.85. The minimum Gasteiger partial charge on any atom is -0.373 e. The maximum atomic E-state index is 12.1. The van der Waals surface area contributed by atoms with Gasteiger partial charge < -0.3 is 15.0 Å². The summed E-state index contributed by atoms with van der Waals surface area (Å²) in [5.41, 5.74) is 2.05. The normalized spacial score (nSPS) is 11.3. The molecule has 0 saturated heterocycles. The molecule has 4 rings (SSSR count). The van der Waals surface area contributed by atoms with Gasteiger partial charge in [0.1, 0.15) is 6.42 Å². The van der Waals surface area contributed by atoms with Gasteiger partial charge in [-0.25, -0.2) is 4.98 Å². The Labute approximate surface area is 180 Å². The van der Waals surface area contributed by atoms with Gasteiger partial charge in [-0.2, -0.15) is 5.26 Å². The van der Waals surface area contributed by atoms with Gasteiger partial charge in [0.05, 0.1) is 17.1 Å². The molecule has 0 fully saturated rings. The number of amides is 1. The van der Waals surface area contributed by atoms with Crippen LogP contribution in [0, 0.1) is 11.3 Å². The summed E-state index contributed by atoms with van der Waals surface area (Å²) in [7, 11) is 0. The van der Waals surface area contributed by atoms with Crippen LogP contribution in [-0.2, 0) is 16.9 Å². The summed E-state index contributed by atoms with van der Waals surface area (Å²) >= 11 is 0. The van der Waals surface area contributed by atoms with E-state index in [1.54, 1.807) is 6.07 Å². The molecule has 0 aliphatic rings. The van der Waals surface area contributed by atoms with E-state index in [-0.39, 0.29) is 12.3 Å². The molecule has 6 heteroatoms. The first-order valence-electron chi connectivity index (χ1n) is 10.1. The number of aromatic nitrogens is 2. The zero-order valence-electron chi connectivity index (χ0n) is 17.1. The Morgan fingerprint density at radius 3 is 2.23 bits per heavy atom. The Morgan fingerprint density at radius 1 is 1.06 bits per heavy atom. The highest BCUT2D eigenvalue weighted by atomic mass is 16.3. The molecule has 0 aliphatic heterocycles. The molecule has 0 aliphatic carbocycles. The third-order valence-corrected chi connectivity index (χ3v) is 5.29. The highest BCUT2D eigenvalue weighted by Gasteiger charge is 2.38. The molecular weight excluding hydrogens is 388 g/mol. The lowest BCUT2D eigenvalue weighted by Crippen LogP contribution is -2.32. The second-order valence-corrected chi connectivity index (χ2v) is 7.21. The fourth-order valence-electron chi connectivity index (χ4n) is 3.86. The molecule has 1 aromatic heterocycles. The number of anilines is 1. The molecule has 0 atom stereocenters. The van der Waals surface area contributed by atoms with Crippen molar-refractivity contribution in [1.29, 1.82) is 5.26 Å². The molecule has 3 aromatic carbocycles. The van der Waals surface area contributed by atoms with Crippen molar-refractivity contribution in [3.63, 3.8) is 0 Å². The third kappa shape index (κ3) is 3.67. The van der Waals surface area contributed by atoms with E-state index in [4.69, 9.17) is 10.2 Å². The zero-order chi connectivity index (χ0) is 21.8. The van der Waals surface area contributed by atoms with Crippen LogP contribution in [0.25, 0.3) is 11.0 Å². The minimum atomic E-state index is -1.46. The van der Waals surface area contributed by atoms with Crippen molar-refractivity contribution in [3.05, 3.63) is 95.8 Å². The molecule has 154 valence electrons. The largest absolute Gasteiger partial charge is 0.373 e. The summed E-state index contributed by atoms with van der Waals surface area (Å²) in [5.74, 6) is 0.137. The van der Waals surface area contributed by atoms with E-state index in [0.29, 0.717) is 34.7 Å². The molecule has 1 amide bonds. The van der Waals surface area contributed by atoms with Gasteiger partial charge in [-0.3, -0.25) is 4.79 Å². The van der Waals surface area contributed by atoms with Gasteiger partial charge in [-0.15, -0.1) is 0 Å². The Balaban J connectivity index is 1.92. The molecule has 1 heterocycles. The number of carbonyl (C=O) groups is 1. The van der Waals surface area contributed by atoms with Crippen LogP contribution >= 0.6 is 0 Å². The number of nitrogens with one attached hydrogen (secondary N) is 1. The second kappa shape index (κ2) is 8.42. The molecule has 31 heavy (non-hydrogen) atoms. The first-order chi connectivity index (χ1) is 15.1. The van der Waals surface area contributed by atoms with Crippen molar-refractivity contribution in [2.75, 3.05) is 5.32 Å². The topological polar surface area (TPSA) is 90.9 Å². The van der Waals surface area contributed by atoms with Crippen molar-refractivity contribution >= 4 is 22.6 Å². The van der Waals surface area contributed by atoms with E-state index in [1.807, 2.05) is 90.4 Å². The number of nitriles is 1. The molecule has 0 bridgehead atoms. The van der Waals surface area contributed by atoms with E-state index in [0.717, 1.165) is 5.52 Å². The van der Waals surface area contributed by atoms with Crippen molar-refractivity contribution in [1.82, 2.24) is 9.55 Å². The summed E-state index contributed by atoms with van der Waals surface area (Å²) in [6.07, 6.45) is -0.210. The average molecular weight is 410 g/mol. The van der Waals surface area contributed by atoms with Gasteiger partial charge in [0.25, 0.3) is 0 Å². The standard InChI is InChI=1S/C25H22N4O2/c1-2-29-22-17-20(27-23(30)15-16-26)13-14-21(22)28-24(29)25(31,18-9-5-3-6-10-18)19-11-7-4-8-12-19/h3-14,17,31H,2,15H2,1H3,(H,27,30). The lowest BCUT2D eigenvalue weighted by molar-refractivity contribution is -0.115. The summed E-state index contributed by atoms with van der Waals surface area (Å²) in [4.78, 5) is 16.7. The maximum absolute atomic E-state index is 12.1. The summed E-state index contributed by atoms with van der Waals surface area (Å²) < 4.78 is 1.95. The molecule has 0 saturated carbocycles. The maximum Gasteiger partial charge on any atom is 0.238 e. The van der Waals surface area contributed by atoms with Gasteiger partial charge in [-0.05, 0) is 36.2 Å². The number of aliphatic hydroxyl groups is 1. The van der Waals surface area contributed by atoms with Gasteiger partial charge in [0, 0.05) is 12.2 Å². The molecule has 4 aromatic rings. The molecule has 0 radical (unpaired) electrons. The van der Waals surface area contributed by atoms with Crippen LogP contribution in [0.3, 0.4) is 0 Å². The molecule has 2 N–H and O–H groups in total. The first-order valence-corrected chi connectivity index (χ1v) is 10.1. The van der Waals surface area contributed by atoms with Crippen LogP contribution in [0.15, 0.2) is 78.9 Å². The van der Waals surface area contributed by atoms with E-state index in [2.05, 4.69) is 5.32 Å². The molecule has 0 spiro atoms. The van der Waals surface area contributed by atoms with Gasteiger partial charge >= 0.3 is 0 Å². The van der Waals surface area contributed by atoms with E-state index in [9.17, 15) is 9.90 Å². The zero-order valence-corrected chi connectivity index (χ0v) is 17.1. The number of carbonyl (C=O) groups excluding carboxylic acids is 1. The van der Waals surface area contributed by atoms with E-state index >= 15 is 0 Å². The van der Waals surface area contributed by atoms with Gasteiger partial charge in [0.15, 0.2) is 11.4 Å².